The normalized spacial score (nSPS) is 31.2. The number of carbonyl (C=O) groups is 5. The number of ketones is 1. The van der Waals surface area contributed by atoms with Gasteiger partial charge in [-0.15, -0.1) is 0 Å². The lowest BCUT2D eigenvalue weighted by molar-refractivity contribution is -0.144. The minimum atomic E-state index is -3.47. The standard InChI is InChI=1S/C35H60N6O7S/c1-6-20-36-32(44)30(42)26-18-13-9-7-8-10-14-19-27(33(45)41-21-24-28(35(24,2)3)29(41)31(43)37-26)39-34(46)38-25-17-15-11-12-16-23(25)22-49(47,48)40(4)5/h23-29H,6-22H2,1-5H3,(H,36,44)(H,37,43)(H2,38,39,46)/t23?,24-,25?,26-,27-,28-,29-/m0/s1. The van der Waals surface area contributed by atoms with Gasteiger partial charge in [0, 0.05) is 33.2 Å². The molecular formula is C35H60N6O7S. The summed E-state index contributed by atoms with van der Waals surface area (Å²) in [4.78, 5) is 69.4. The van der Waals surface area contributed by atoms with Crippen LogP contribution >= 0.6 is 0 Å². The average molecular weight is 709 g/mol. The first-order chi connectivity index (χ1) is 23.2. The van der Waals surface area contributed by atoms with E-state index in [4.69, 9.17) is 0 Å². The fraction of sp³-hybridized carbons (Fsp3) is 0.857. The molecule has 0 aromatic rings. The predicted octanol–water partition coefficient (Wildman–Crippen LogP) is 2.69. The Balaban J connectivity index is 1.53. The van der Waals surface area contributed by atoms with E-state index in [1.165, 1.54) is 18.4 Å². The number of hydrogen-bond donors (Lipinski definition) is 4. The number of sulfonamides is 1. The number of carbonyl (C=O) groups excluding carboxylic acids is 5. The van der Waals surface area contributed by atoms with E-state index in [1.54, 1.807) is 4.90 Å². The van der Waals surface area contributed by atoms with Crippen LogP contribution in [0.4, 0.5) is 4.79 Å². The first kappa shape index (κ1) is 39.1. The number of piperidine rings is 1. The zero-order valence-electron chi connectivity index (χ0n) is 30.2. The highest BCUT2D eigenvalue weighted by atomic mass is 32.2. The van der Waals surface area contributed by atoms with Gasteiger partial charge in [0.1, 0.15) is 12.1 Å². The SMILES string of the molecule is CCCNC(=O)C(=O)[C@@H]1CCCCCCCC[C@H](NC(=O)NC2CCCCCC2CS(=O)(=O)N(C)C)C(=O)N2C[C@H]3[C@@H]([C@H]2C(=O)N1)C3(C)C. The number of nitrogens with zero attached hydrogens (tertiary/aromatic N) is 2. The van der Waals surface area contributed by atoms with Crippen molar-refractivity contribution in [1.29, 1.82) is 0 Å². The van der Waals surface area contributed by atoms with Crippen molar-refractivity contribution in [3.8, 4) is 0 Å². The quantitative estimate of drug-likeness (QED) is 0.211. The molecule has 2 aliphatic heterocycles. The summed E-state index contributed by atoms with van der Waals surface area (Å²) in [5.74, 6) is -2.44. The summed E-state index contributed by atoms with van der Waals surface area (Å²) >= 11 is 0. The molecule has 0 aromatic carbocycles. The zero-order chi connectivity index (χ0) is 35.9. The molecule has 4 fully saturated rings. The van der Waals surface area contributed by atoms with Gasteiger partial charge in [-0.1, -0.05) is 78.6 Å². The molecule has 4 aliphatic rings. The van der Waals surface area contributed by atoms with Gasteiger partial charge < -0.3 is 26.2 Å². The maximum atomic E-state index is 14.3. The molecule has 7 atom stereocenters. The van der Waals surface area contributed by atoms with E-state index in [0.717, 1.165) is 44.9 Å². The topological polar surface area (TPSA) is 174 Å². The monoisotopic (exact) mass is 708 g/mol. The number of nitrogens with one attached hydrogen (secondary N) is 4. The van der Waals surface area contributed by atoms with Crippen LogP contribution in [0.3, 0.4) is 0 Å². The second kappa shape index (κ2) is 17.0. The molecular weight excluding hydrogens is 648 g/mol. The van der Waals surface area contributed by atoms with Crippen LogP contribution in [0.1, 0.15) is 111 Å². The van der Waals surface area contributed by atoms with Gasteiger partial charge in [0.25, 0.3) is 5.91 Å². The smallest absolute Gasteiger partial charge is 0.315 e. The third kappa shape index (κ3) is 9.74. The molecule has 0 radical (unpaired) electrons. The molecule has 5 amide bonds. The molecule has 49 heavy (non-hydrogen) atoms. The van der Waals surface area contributed by atoms with Crippen molar-refractivity contribution < 1.29 is 32.4 Å². The van der Waals surface area contributed by atoms with E-state index in [1.807, 2.05) is 6.92 Å². The van der Waals surface area contributed by atoms with E-state index in [9.17, 15) is 32.4 Å². The Hall–Kier alpha value is -2.74. The summed E-state index contributed by atoms with van der Waals surface area (Å²) in [6.07, 6.45) is 10.5. The fourth-order valence-electron chi connectivity index (χ4n) is 8.25. The fourth-order valence-corrected chi connectivity index (χ4v) is 9.48. The summed E-state index contributed by atoms with van der Waals surface area (Å²) in [5, 5.41) is 11.5. The highest BCUT2D eigenvalue weighted by Crippen LogP contribution is 2.65. The summed E-state index contributed by atoms with van der Waals surface area (Å²) in [7, 11) is -0.444. The molecule has 2 saturated carbocycles. The molecule has 2 unspecified atom stereocenters. The lowest BCUT2D eigenvalue weighted by Crippen LogP contribution is -2.59. The van der Waals surface area contributed by atoms with Crippen LogP contribution in [0.15, 0.2) is 0 Å². The molecule has 2 saturated heterocycles. The van der Waals surface area contributed by atoms with Crippen LogP contribution < -0.4 is 21.3 Å². The molecule has 14 heteroatoms. The zero-order valence-corrected chi connectivity index (χ0v) is 31.0. The van der Waals surface area contributed by atoms with Crippen molar-refractivity contribution in [2.45, 2.75) is 135 Å². The van der Waals surface area contributed by atoms with Gasteiger partial charge in [0.05, 0.1) is 11.8 Å². The van der Waals surface area contributed by atoms with Gasteiger partial charge in [-0.2, -0.15) is 0 Å². The van der Waals surface area contributed by atoms with E-state index in [0.29, 0.717) is 58.0 Å². The van der Waals surface area contributed by atoms with Gasteiger partial charge in [0.2, 0.25) is 27.6 Å². The molecule has 4 N–H and O–H groups in total. The molecule has 2 heterocycles. The number of fused-ring (bicyclic) bond motifs is 3. The van der Waals surface area contributed by atoms with Gasteiger partial charge in [-0.05, 0) is 55.3 Å². The molecule has 0 spiro atoms. The molecule has 2 aliphatic carbocycles. The van der Waals surface area contributed by atoms with Gasteiger partial charge in [0.15, 0.2) is 0 Å². The summed E-state index contributed by atoms with van der Waals surface area (Å²) < 4.78 is 26.8. The summed E-state index contributed by atoms with van der Waals surface area (Å²) in [5.41, 5.74) is -0.165. The van der Waals surface area contributed by atoms with Gasteiger partial charge in [-0.25, -0.2) is 17.5 Å². The first-order valence-corrected chi connectivity index (χ1v) is 20.2. The van der Waals surface area contributed by atoms with Gasteiger partial charge >= 0.3 is 6.03 Å². The van der Waals surface area contributed by atoms with Crippen LogP contribution in [0.25, 0.3) is 0 Å². The number of hydrogen-bond acceptors (Lipinski definition) is 7. The van der Waals surface area contributed by atoms with Crippen LogP contribution in [0.5, 0.6) is 0 Å². The Kier molecular flexibility index (Phi) is 13.5. The first-order valence-electron chi connectivity index (χ1n) is 18.6. The Morgan fingerprint density at radius 1 is 0.898 bits per heavy atom. The number of rotatable bonds is 9. The van der Waals surface area contributed by atoms with E-state index in [-0.39, 0.29) is 40.9 Å². The third-order valence-corrected chi connectivity index (χ3v) is 13.4. The minimum Gasteiger partial charge on any atom is -0.349 e. The summed E-state index contributed by atoms with van der Waals surface area (Å²) in [6, 6.07) is -3.52. The Morgan fingerprint density at radius 3 is 2.18 bits per heavy atom. The number of Topliss-reactive ketones (excluding diaryl/α,β-unsaturated/α-hetero) is 1. The molecule has 13 nitrogen and oxygen atoms in total. The lowest BCUT2D eigenvalue weighted by Gasteiger charge is -2.34. The maximum absolute atomic E-state index is 14.3. The van der Waals surface area contributed by atoms with E-state index >= 15 is 0 Å². The Labute approximate surface area is 292 Å². The van der Waals surface area contributed by atoms with Crippen LogP contribution in [0, 0.1) is 23.2 Å². The molecule has 0 bridgehead atoms. The highest BCUT2D eigenvalue weighted by Gasteiger charge is 2.69. The second-order valence-electron chi connectivity index (χ2n) is 15.5. The highest BCUT2D eigenvalue weighted by molar-refractivity contribution is 7.89. The van der Waals surface area contributed by atoms with Crippen molar-refractivity contribution in [1.82, 2.24) is 30.5 Å². The number of urea groups is 1. The van der Waals surface area contributed by atoms with Crippen molar-refractivity contribution in [3.63, 3.8) is 0 Å². The van der Waals surface area contributed by atoms with E-state index < -0.39 is 51.8 Å². The number of amides is 5. The van der Waals surface area contributed by atoms with Crippen molar-refractivity contribution in [2.24, 2.45) is 23.2 Å². The largest absolute Gasteiger partial charge is 0.349 e. The average Bonchev–Trinajstić information content (AvgIpc) is 3.41. The van der Waals surface area contributed by atoms with Crippen molar-refractivity contribution >= 4 is 39.6 Å². The molecule has 0 aromatic heterocycles. The van der Waals surface area contributed by atoms with Crippen molar-refractivity contribution in [3.05, 3.63) is 0 Å². The third-order valence-electron chi connectivity index (χ3n) is 11.4. The summed E-state index contributed by atoms with van der Waals surface area (Å²) in [6.45, 7) is 6.80. The Bertz CT molecular complexity index is 1320. The lowest BCUT2D eigenvalue weighted by atomic mass is 9.97. The Morgan fingerprint density at radius 2 is 1.51 bits per heavy atom. The minimum absolute atomic E-state index is 0.0554. The predicted molar refractivity (Wildman–Crippen MR) is 187 cm³/mol. The molecule has 4 rings (SSSR count). The van der Waals surface area contributed by atoms with Crippen LogP contribution in [-0.4, -0.2) is 104 Å². The second-order valence-corrected chi connectivity index (χ2v) is 17.7. The van der Waals surface area contributed by atoms with Crippen molar-refractivity contribution in [2.75, 3.05) is 32.9 Å². The van der Waals surface area contributed by atoms with Crippen LogP contribution in [-0.2, 0) is 29.2 Å². The van der Waals surface area contributed by atoms with E-state index in [2.05, 4.69) is 35.1 Å². The van der Waals surface area contributed by atoms with Crippen LogP contribution in [0.2, 0.25) is 0 Å². The van der Waals surface area contributed by atoms with Gasteiger partial charge in [-0.3, -0.25) is 19.2 Å². The maximum Gasteiger partial charge on any atom is 0.315 e. The molecule has 278 valence electrons.